The number of ether oxygens (including phenoxy) is 1. The van der Waals surface area contributed by atoms with Crippen LogP contribution in [-0.4, -0.2) is 53.8 Å². The van der Waals surface area contributed by atoms with E-state index < -0.39 is 30.2 Å². The van der Waals surface area contributed by atoms with E-state index in [0.29, 0.717) is 22.5 Å². The standard InChI is InChI=1S/C20H19N5O5S/c1-9-4-14(26)29-12-5-10(2-3-11(9)12)31-6-13-16(27)17(28)20(30-13)25-8-24-15-18(21)22-7-23-19(15)25/h2-5,7-8,13,16-17,20,27-28H,6H2,1H3,(H2,21,22,23)/t13-,16-,17-,20-/m1/s1. The van der Waals surface area contributed by atoms with E-state index in [1.807, 2.05) is 19.1 Å². The third kappa shape index (κ3) is 3.45. The topological polar surface area (TPSA) is 150 Å². The van der Waals surface area contributed by atoms with Crippen LogP contribution in [0.3, 0.4) is 0 Å². The summed E-state index contributed by atoms with van der Waals surface area (Å²) >= 11 is 1.43. The maximum Gasteiger partial charge on any atom is 0.336 e. The number of aliphatic hydroxyl groups excluding tert-OH is 2. The Kier molecular flexibility index (Phi) is 4.89. The minimum atomic E-state index is -1.17. The SMILES string of the molecule is Cc1cc(=O)oc2cc(SC[C@H]3O[C@@H](n4cnc5c(N)ncnc54)[C@H](O)[C@@H]3O)ccc12. The molecule has 1 fully saturated rings. The number of benzene rings is 1. The number of aliphatic hydroxyl groups is 2. The Hall–Kier alpha value is -2.99. The molecule has 3 aromatic heterocycles. The molecule has 1 aliphatic heterocycles. The Balaban J connectivity index is 1.35. The average molecular weight is 441 g/mol. The molecular formula is C20H19N5O5S. The highest BCUT2D eigenvalue weighted by Gasteiger charge is 2.44. The van der Waals surface area contributed by atoms with Crippen LogP contribution in [0.2, 0.25) is 0 Å². The first-order valence-corrected chi connectivity index (χ1v) is 10.5. The first kappa shape index (κ1) is 19.9. The molecule has 0 amide bonds. The molecule has 0 saturated carbocycles. The molecule has 5 rings (SSSR count). The number of hydrogen-bond donors (Lipinski definition) is 3. The molecule has 0 radical (unpaired) electrons. The van der Waals surface area contributed by atoms with Crippen molar-refractivity contribution in [2.75, 3.05) is 11.5 Å². The largest absolute Gasteiger partial charge is 0.423 e. The second-order valence-corrected chi connectivity index (χ2v) is 8.44. The second kappa shape index (κ2) is 7.61. The molecule has 4 aromatic rings. The van der Waals surface area contributed by atoms with Crippen molar-refractivity contribution in [2.45, 2.75) is 36.4 Å². The van der Waals surface area contributed by atoms with E-state index in [0.717, 1.165) is 15.8 Å². The molecule has 31 heavy (non-hydrogen) atoms. The molecule has 1 aromatic carbocycles. The number of nitrogen functional groups attached to an aromatic ring is 1. The molecule has 0 aliphatic carbocycles. The normalized spacial score (nSPS) is 23.7. The molecular weight excluding hydrogens is 422 g/mol. The van der Waals surface area contributed by atoms with Crippen LogP contribution in [0.1, 0.15) is 11.8 Å². The number of aryl methyl sites for hydroxylation is 1. The van der Waals surface area contributed by atoms with Gasteiger partial charge in [-0.15, -0.1) is 11.8 Å². The summed E-state index contributed by atoms with van der Waals surface area (Å²) in [4.78, 5) is 24.7. The van der Waals surface area contributed by atoms with Crippen molar-refractivity contribution in [2.24, 2.45) is 0 Å². The van der Waals surface area contributed by atoms with Crippen molar-refractivity contribution in [1.29, 1.82) is 0 Å². The van der Waals surface area contributed by atoms with Crippen LogP contribution in [0.5, 0.6) is 0 Å². The van der Waals surface area contributed by atoms with Crippen molar-refractivity contribution >= 4 is 39.7 Å². The van der Waals surface area contributed by atoms with E-state index >= 15 is 0 Å². The smallest absolute Gasteiger partial charge is 0.336 e. The van der Waals surface area contributed by atoms with E-state index in [9.17, 15) is 15.0 Å². The summed E-state index contributed by atoms with van der Waals surface area (Å²) in [5.74, 6) is 0.599. The molecule has 4 heterocycles. The molecule has 0 unspecified atom stereocenters. The van der Waals surface area contributed by atoms with Crippen LogP contribution >= 0.6 is 11.8 Å². The number of rotatable bonds is 4. The average Bonchev–Trinajstić information content (AvgIpc) is 3.29. The van der Waals surface area contributed by atoms with Gasteiger partial charge in [0.25, 0.3) is 0 Å². The highest BCUT2D eigenvalue weighted by atomic mass is 32.2. The molecule has 160 valence electrons. The lowest BCUT2D eigenvalue weighted by molar-refractivity contribution is -0.0289. The van der Waals surface area contributed by atoms with Gasteiger partial charge in [-0.2, -0.15) is 0 Å². The van der Waals surface area contributed by atoms with Gasteiger partial charge in [-0.3, -0.25) is 4.57 Å². The molecule has 0 spiro atoms. The fourth-order valence-electron chi connectivity index (χ4n) is 3.73. The van der Waals surface area contributed by atoms with Crippen molar-refractivity contribution in [3.63, 3.8) is 0 Å². The van der Waals surface area contributed by atoms with Crippen molar-refractivity contribution in [3.8, 4) is 0 Å². The zero-order chi connectivity index (χ0) is 21.7. The van der Waals surface area contributed by atoms with Gasteiger partial charge in [0.15, 0.2) is 17.7 Å². The summed E-state index contributed by atoms with van der Waals surface area (Å²) in [6, 6.07) is 7.05. The predicted molar refractivity (Wildman–Crippen MR) is 114 cm³/mol. The zero-order valence-electron chi connectivity index (χ0n) is 16.4. The number of thioether (sulfide) groups is 1. The highest BCUT2D eigenvalue weighted by Crippen LogP contribution is 2.35. The molecule has 1 saturated heterocycles. The van der Waals surface area contributed by atoms with Gasteiger partial charge in [0.05, 0.1) is 12.4 Å². The third-order valence-corrected chi connectivity index (χ3v) is 6.42. The van der Waals surface area contributed by atoms with Crippen molar-refractivity contribution < 1.29 is 19.4 Å². The molecule has 11 heteroatoms. The highest BCUT2D eigenvalue weighted by molar-refractivity contribution is 7.99. The molecule has 0 bridgehead atoms. The summed E-state index contributed by atoms with van der Waals surface area (Å²) in [5, 5.41) is 22.0. The summed E-state index contributed by atoms with van der Waals surface area (Å²) in [6.07, 6.45) is -1.01. The number of nitrogens with two attached hydrogens (primary N) is 1. The Morgan fingerprint density at radius 3 is 2.87 bits per heavy atom. The number of nitrogens with zero attached hydrogens (tertiary/aromatic N) is 4. The minimum absolute atomic E-state index is 0.224. The molecule has 4 atom stereocenters. The molecule has 10 nitrogen and oxygen atoms in total. The maximum absolute atomic E-state index is 11.6. The second-order valence-electron chi connectivity index (χ2n) is 7.35. The monoisotopic (exact) mass is 441 g/mol. The Labute approximate surface area is 179 Å². The lowest BCUT2D eigenvalue weighted by Crippen LogP contribution is -2.32. The lowest BCUT2D eigenvalue weighted by atomic mass is 10.1. The van der Waals surface area contributed by atoms with Gasteiger partial charge in [0.2, 0.25) is 0 Å². The van der Waals surface area contributed by atoms with Gasteiger partial charge in [0, 0.05) is 22.1 Å². The number of hydrogen-bond acceptors (Lipinski definition) is 10. The molecule has 4 N–H and O–H groups in total. The summed E-state index contributed by atoms with van der Waals surface area (Å²) < 4.78 is 12.8. The van der Waals surface area contributed by atoms with Crippen LogP contribution in [0.25, 0.3) is 22.1 Å². The number of anilines is 1. The van der Waals surface area contributed by atoms with E-state index in [4.69, 9.17) is 14.9 Å². The maximum atomic E-state index is 11.6. The van der Waals surface area contributed by atoms with Crippen LogP contribution in [0.4, 0.5) is 5.82 Å². The summed E-state index contributed by atoms with van der Waals surface area (Å²) in [6.45, 7) is 1.86. The van der Waals surface area contributed by atoms with Crippen LogP contribution in [-0.2, 0) is 4.74 Å². The lowest BCUT2D eigenvalue weighted by Gasteiger charge is -2.16. The van der Waals surface area contributed by atoms with Gasteiger partial charge in [-0.1, -0.05) is 0 Å². The van der Waals surface area contributed by atoms with Gasteiger partial charge in [0.1, 0.15) is 29.6 Å². The van der Waals surface area contributed by atoms with Crippen LogP contribution in [0.15, 0.2) is 51.0 Å². The van der Waals surface area contributed by atoms with Crippen molar-refractivity contribution in [3.05, 3.63) is 52.9 Å². The van der Waals surface area contributed by atoms with E-state index in [2.05, 4.69) is 15.0 Å². The first-order chi connectivity index (χ1) is 14.9. The summed E-state index contributed by atoms with van der Waals surface area (Å²) in [5.41, 5.74) is 7.58. The number of fused-ring (bicyclic) bond motifs is 2. The van der Waals surface area contributed by atoms with Crippen LogP contribution < -0.4 is 11.4 Å². The van der Waals surface area contributed by atoms with E-state index in [-0.39, 0.29) is 5.82 Å². The fourth-order valence-corrected chi connectivity index (χ4v) is 4.71. The predicted octanol–water partition coefficient (Wildman–Crippen LogP) is 1.23. The van der Waals surface area contributed by atoms with Gasteiger partial charge in [-0.25, -0.2) is 19.7 Å². The van der Waals surface area contributed by atoms with Crippen molar-refractivity contribution in [1.82, 2.24) is 19.5 Å². The Morgan fingerprint density at radius 1 is 1.19 bits per heavy atom. The van der Waals surface area contributed by atoms with Gasteiger partial charge in [-0.05, 0) is 30.7 Å². The van der Waals surface area contributed by atoms with Crippen LogP contribution in [0, 0.1) is 6.92 Å². The number of aromatic nitrogens is 4. The fraction of sp³-hybridized carbons (Fsp3) is 0.300. The Morgan fingerprint density at radius 2 is 2.03 bits per heavy atom. The van der Waals surface area contributed by atoms with Gasteiger partial charge >= 0.3 is 5.63 Å². The molecule has 1 aliphatic rings. The Bertz CT molecular complexity index is 1340. The number of imidazole rings is 1. The quantitative estimate of drug-likeness (QED) is 0.312. The van der Waals surface area contributed by atoms with E-state index in [1.54, 1.807) is 10.6 Å². The minimum Gasteiger partial charge on any atom is -0.423 e. The van der Waals surface area contributed by atoms with E-state index in [1.165, 1.54) is 30.5 Å². The zero-order valence-corrected chi connectivity index (χ0v) is 17.2. The van der Waals surface area contributed by atoms with Gasteiger partial charge < -0.3 is 25.1 Å². The first-order valence-electron chi connectivity index (χ1n) is 9.54. The summed E-state index contributed by atoms with van der Waals surface area (Å²) in [7, 11) is 0. The third-order valence-electron chi connectivity index (χ3n) is 5.34.